The van der Waals surface area contributed by atoms with E-state index in [4.69, 9.17) is 21.1 Å². The van der Waals surface area contributed by atoms with Crippen molar-refractivity contribution in [2.75, 3.05) is 13.7 Å². The van der Waals surface area contributed by atoms with Gasteiger partial charge in [-0.05, 0) is 43.3 Å². The number of thiazole rings is 1. The van der Waals surface area contributed by atoms with Gasteiger partial charge in [-0.3, -0.25) is 9.59 Å². The van der Waals surface area contributed by atoms with Gasteiger partial charge in [-0.2, -0.15) is 4.99 Å². The van der Waals surface area contributed by atoms with Crippen molar-refractivity contribution in [1.29, 1.82) is 0 Å². The van der Waals surface area contributed by atoms with Crippen LogP contribution in [0.1, 0.15) is 23.7 Å². The molecule has 0 saturated carbocycles. The van der Waals surface area contributed by atoms with Gasteiger partial charge in [0.2, 0.25) is 0 Å². The van der Waals surface area contributed by atoms with E-state index in [2.05, 4.69) is 4.99 Å². The predicted octanol–water partition coefficient (Wildman–Crippen LogP) is 4.06. The Bertz CT molecular complexity index is 1070. The molecule has 3 aromatic rings. The van der Waals surface area contributed by atoms with Crippen molar-refractivity contribution in [3.8, 4) is 5.75 Å². The Balaban J connectivity index is 2.04. The van der Waals surface area contributed by atoms with E-state index in [0.717, 1.165) is 10.2 Å². The van der Waals surface area contributed by atoms with Crippen LogP contribution in [0.5, 0.6) is 5.75 Å². The van der Waals surface area contributed by atoms with Crippen molar-refractivity contribution in [2.45, 2.75) is 19.9 Å². The molecule has 6 nitrogen and oxygen atoms in total. The zero-order chi connectivity index (χ0) is 20.1. The molecule has 0 aliphatic carbocycles. The Morgan fingerprint density at radius 3 is 2.61 bits per heavy atom. The van der Waals surface area contributed by atoms with E-state index in [1.807, 2.05) is 22.8 Å². The number of aryl methyl sites for hydroxylation is 1. The number of carbonyl (C=O) groups excluding carboxylic acids is 2. The molecule has 8 heteroatoms. The van der Waals surface area contributed by atoms with Crippen LogP contribution in [0, 0.1) is 0 Å². The molecule has 0 fully saturated rings. The highest BCUT2D eigenvalue weighted by Gasteiger charge is 2.12. The lowest BCUT2D eigenvalue weighted by Crippen LogP contribution is -2.19. The maximum absolute atomic E-state index is 12.6. The second-order valence-electron chi connectivity index (χ2n) is 5.85. The van der Waals surface area contributed by atoms with E-state index in [-0.39, 0.29) is 18.3 Å². The van der Waals surface area contributed by atoms with Crippen LogP contribution in [0.3, 0.4) is 0 Å². The number of rotatable bonds is 6. The highest BCUT2D eigenvalue weighted by atomic mass is 35.5. The molecule has 0 bridgehead atoms. The first-order chi connectivity index (χ1) is 13.5. The highest BCUT2D eigenvalue weighted by molar-refractivity contribution is 7.16. The quantitative estimate of drug-likeness (QED) is 0.566. The van der Waals surface area contributed by atoms with Crippen molar-refractivity contribution < 1.29 is 19.1 Å². The van der Waals surface area contributed by atoms with Gasteiger partial charge >= 0.3 is 5.97 Å². The summed E-state index contributed by atoms with van der Waals surface area (Å²) in [5, 5.41) is 0.551. The average Bonchev–Trinajstić information content (AvgIpc) is 3.03. The molecule has 0 radical (unpaired) electrons. The number of fused-ring (bicyclic) bond motifs is 1. The van der Waals surface area contributed by atoms with Crippen LogP contribution in [-0.2, 0) is 16.1 Å². The third-order valence-corrected chi connectivity index (χ3v) is 5.33. The van der Waals surface area contributed by atoms with E-state index in [9.17, 15) is 9.59 Å². The van der Waals surface area contributed by atoms with Crippen molar-refractivity contribution in [1.82, 2.24) is 4.57 Å². The third kappa shape index (κ3) is 4.61. The molecule has 1 aromatic heterocycles. The fourth-order valence-electron chi connectivity index (χ4n) is 2.66. The fraction of sp³-hybridized carbons (Fsp3) is 0.250. The minimum absolute atomic E-state index is 0.180. The Hall–Kier alpha value is -2.64. The van der Waals surface area contributed by atoms with Crippen molar-refractivity contribution in [3.63, 3.8) is 0 Å². The van der Waals surface area contributed by atoms with Crippen LogP contribution >= 0.6 is 22.9 Å². The molecule has 0 saturated heterocycles. The number of aromatic nitrogens is 1. The van der Waals surface area contributed by atoms with E-state index in [1.165, 1.54) is 11.3 Å². The normalized spacial score (nSPS) is 11.6. The molecule has 1 amide bonds. The second kappa shape index (κ2) is 9.03. The predicted molar refractivity (Wildman–Crippen MR) is 109 cm³/mol. The molecule has 0 spiro atoms. The molecule has 0 unspecified atom stereocenters. The van der Waals surface area contributed by atoms with Crippen molar-refractivity contribution in [2.24, 2.45) is 4.99 Å². The third-order valence-electron chi connectivity index (χ3n) is 4.02. The van der Waals surface area contributed by atoms with Crippen LogP contribution in [0.4, 0.5) is 0 Å². The first kappa shape index (κ1) is 20.1. The van der Waals surface area contributed by atoms with Crippen LogP contribution in [-0.4, -0.2) is 30.2 Å². The molecule has 28 heavy (non-hydrogen) atoms. The van der Waals surface area contributed by atoms with Crippen LogP contribution in [0.25, 0.3) is 10.2 Å². The number of amides is 1. The largest absolute Gasteiger partial charge is 0.497 e. The summed E-state index contributed by atoms with van der Waals surface area (Å²) in [5.41, 5.74) is 1.28. The summed E-state index contributed by atoms with van der Waals surface area (Å²) >= 11 is 7.26. The number of methoxy groups -OCH3 is 1. The smallest absolute Gasteiger partial charge is 0.307 e. The number of benzene rings is 2. The molecule has 2 aromatic carbocycles. The SMILES string of the molecule is CCOC(=O)CCn1c(=NC(=O)c2ccc(Cl)cc2)sc2ccc(OC)cc21. The molecule has 0 atom stereocenters. The van der Waals surface area contributed by atoms with E-state index in [1.54, 1.807) is 38.3 Å². The van der Waals surface area contributed by atoms with Gasteiger partial charge in [-0.25, -0.2) is 0 Å². The van der Waals surface area contributed by atoms with E-state index < -0.39 is 0 Å². The average molecular weight is 419 g/mol. The fourth-order valence-corrected chi connectivity index (χ4v) is 3.82. The number of hydrogen-bond donors (Lipinski definition) is 0. The molecular formula is C20H19ClN2O4S. The zero-order valence-corrected chi connectivity index (χ0v) is 17.0. The minimum atomic E-state index is -0.375. The van der Waals surface area contributed by atoms with Gasteiger partial charge in [0, 0.05) is 23.2 Å². The van der Waals surface area contributed by atoms with Crippen molar-refractivity contribution >= 4 is 45.0 Å². The van der Waals surface area contributed by atoms with Gasteiger partial charge in [0.25, 0.3) is 5.91 Å². The van der Waals surface area contributed by atoms with E-state index >= 15 is 0 Å². The number of ether oxygens (including phenoxy) is 2. The summed E-state index contributed by atoms with van der Waals surface area (Å²) in [5.74, 6) is 0.0121. The van der Waals surface area contributed by atoms with Crippen LogP contribution < -0.4 is 9.54 Å². The van der Waals surface area contributed by atoms with Gasteiger partial charge in [0.1, 0.15) is 5.75 Å². The van der Waals surface area contributed by atoms with Gasteiger partial charge in [0.05, 0.1) is 30.4 Å². The Kier molecular flexibility index (Phi) is 6.49. The lowest BCUT2D eigenvalue weighted by Gasteiger charge is -2.06. The monoisotopic (exact) mass is 418 g/mol. The lowest BCUT2D eigenvalue weighted by molar-refractivity contribution is -0.143. The molecule has 0 aliphatic heterocycles. The number of halogens is 1. The molecule has 0 aliphatic rings. The van der Waals surface area contributed by atoms with Gasteiger partial charge in [-0.1, -0.05) is 22.9 Å². The summed E-state index contributed by atoms with van der Waals surface area (Å²) in [7, 11) is 1.59. The molecule has 1 heterocycles. The summed E-state index contributed by atoms with van der Waals surface area (Å²) in [6.07, 6.45) is 0.180. The number of esters is 1. The first-order valence-corrected chi connectivity index (χ1v) is 9.89. The van der Waals surface area contributed by atoms with Gasteiger partial charge in [0.15, 0.2) is 4.80 Å². The Labute approximate surface area is 171 Å². The van der Waals surface area contributed by atoms with Gasteiger partial charge < -0.3 is 14.0 Å². The number of hydrogen-bond acceptors (Lipinski definition) is 5. The zero-order valence-electron chi connectivity index (χ0n) is 15.5. The number of nitrogens with zero attached hydrogens (tertiary/aromatic N) is 2. The molecule has 0 N–H and O–H groups in total. The summed E-state index contributed by atoms with van der Waals surface area (Å²) in [6.45, 7) is 2.44. The molecule has 146 valence electrons. The summed E-state index contributed by atoms with van der Waals surface area (Å²) < 4.78 is 13.1. The minimum Gasteiger partial charge on any atom is -0.497 e. The molecular weight excluding hydrogens is 400 g/mol. The van der Waals surface area contributed by atoms with Gasteiger partial charge in [-0.15, -0.1) is 0 Å². The maximum Gasteiger partial charge on any atom is 0.307 e. The highest BCUT2D eigenvalue weighted by Crippen LogP contribution is 2.23. The summed E-state index contributed by atoms with van der Waals surface area (Å²) in [4.78, 5) is 29.2. The lowest BCUT2D eigenvalue weighted by atomic mass is 10.2. The number of carbonyl (C=O) groups is 2. The topological polar surface area (TPSA) is 69.9 Å². The Morgan fingerprint density at radius 2 is 1.93 bits per heavy atom. The van der Waals surface area contributed by atoms with Crippen LogP contribution in [0.15, 0.2) is 47.5 Å². The first-order valence-electron chi connectivity index (χ1n) is 8.69. The maximum atomic E-state index is 12.6. The van der Waals surface area contributed by atoms with Crippen LogP contribution in [0.2, 0.25) is 5.02 Å². The van der Waals surface area contributed by atoms with Crippen molar-refractivity contribution in [3.05, 3.63) is 57.9 Å². The Morgan fingerprint density at radius 1 is 1.18 bits per heavy atom. The standard InChI is InChI=1S/C20H19ClN2O4S/c1-3-27-18(24)10-11-23-16-12-15(26-2)8-9-17(16)28-20(23)22-19(25)13-4-6-14(21)7-5-13/h4-9,12H,3,10-11H2,1-2H3. The second-order valence-corrected chi connectivity index (χ2v) is 7.29. The molecule has 3 rings (SSSR count). The summed E-state index contributed by atoms with van der Waals surface area (Å²) in [6, 6.07) is 12.2. The van der Waals surface area contributed by atoms with E-state index in [0.29, 0.717) is 34.3 Å².